The van der Waals surface area contributed by atoms with Crippen molar-refractivity contribution in [1.82, 2.24) is 19.6 Å². The fraction of sp³-hybridized carbons (Fsp3) is 0.190. The molecule has 0 N–H and O–H groups in total. The van der Waals surface area contributed by atoms with Gasteiger partial charge in [-0.05, 0) is 35.9 Å². The fourth-order valence-corrected chi connectivity index (χ4v) is 4.25. The molecule has 0 aliphatic rings. The zero-order valence-electron chi connectivity index (χ0n) is 17.2. The highest BCUT2D eigenvalue weighted by Gasteiger charge is 2.32. The molecular weight excluding hydrogens is 486 g/mol. The Kier molecular flexibility index (Phi) is 5.62. The van der Waals surface area contributed by atoms with Gasteiger partial charge in [0.1, 0.15) is 5.69 Å². The van der Waals surface area contributed by atoms with Gasteiger partial charge in [-0.3, -0.25) is 4.98 Å². The van der Waals surface area contributed by atoms with Gasteiger partial charge in [-0.2, -0.15) is 26.3 Å². The van der Waals surface area contributed by atoms with E-state index in [1.54, 1.807) is 0 Å². The van der Waals surface area contributed by atoms with Crippen LogP contribution in [0.2, 0.25) is 0 Å². The van der Waals surface area contributed by atoms with E-state index in [1.165, 1.54) is 19.1 Å². The molecule has 1 aromatic carbocycles. The zero-order chi connectivity index (χ0) is 24.9. The van der Waals surface area contributed by atoms with Crippen LogP contribution in [0.3, 0.4) is 0 Å². The van der Waals surface area contributed by atoms with Crippen molar-refractivity contribution < 1.29 is 34.8 Å². The lowest BCUT2D eigenvalue weighted by molar-refractivity contribution is -0.138. The molecule has 0 unspecified atom stereocenters. The topological polar surface area (TPSA) is 77.2 Å². The molecule has 0 saturated heterocycles. The third-order valence-electron chi connectivity index (χ3n) is 4.97. The minimum atomic E-state index is -4.62. The Morgan fingerprint density at radius 3 is 2.24 bits per heavy atom. The molecule has 0 amide bonds. The van der Waals surface area contributed by atoms with Gasteiger partial charge in [0.25, 0.3) is 0 Å². The van der Waals surface area contributed by atoms with Gasteiger partial charge in [-0.15, -0.1) is 5.10 Å². The van der Waals surface area contributed by atoms with Crippen molar-refractivity contribution in [1.29, 1.82) is 0 Å². The molecule has 3 aromatic heterocycles. The Morgan fingerprint density at radius 1 is 0.912 bits per heavy atom. The fourth-order valence-electron chi connectivity index (χ4n) is 3.20. The van der Waals surface area contributed by atoms with Gasteiger partial charge in [0.05, 0.1) is 21.8 Å². The number of alkyl halides is 6. The molecule has 13 heteroatoms. The molecule has 3 heterocycles. The normalized spacial score (nSPS) is 12.9. The van der Waals surface area contributed by atoms with Gasteiger partial charge < -0.3 is 0 Å². The number of rotatable bonds is 4. The molecule has 0 aliphatic carbocycles. The zero-order valence-corrected chi connectivity index (χ0v) is 18.0. The van der Waals surface area contributed by atoms with Crippen LogP contribution in [0.1, 0.15) is 18.1 Å². The van der Waals surface area contributed by atoms with Crippen LogP contribution in [0.4, 0.5) is 26.3 Å². The first kappa shape index (κ1) is 23.7. The SMILES string of the molecule is CCS(=O)(=O)c1cc(-c2cccc(C(F)(F)F)c2)cnc1-c1nc2cc(C(F)(F)F)ccn2n1. The standard InChI is InChI=1S/C21H14F6N4O2S/c1-2-34(32,33)16-9-13(12-4-3-5-14(8-12)20(22,23)24)11-28-18(16)19-29-17-10-15(21(25,26)27)6-7-31(17)30-19/h3-11H,2H2,1H3. The summed E-state index contributed by atoms with van der Waals surface area (Å²) in [6.45, 7) is 1.36. The van der Waals surface area contributed by atoms with Crippen molar-refractivity contribution >= 4 is 15.5 Å². The van der Waals surface area contributed by atoms with Gasteiger partial charge in [0, 0.05) is 18.0 Å². The summed E-state index contributed by atoms with van der Waals surface area (Å²) in [5.41, 5.74) is -2.11. The third kappa shape index (κ3) is 4.47. The lowest BCUT2D eigenvalue weighted by Gasteiger charge is -2.11. The molecule has 0 aliphatic heterocycles. The van der Waals surface area contributed by atoms with E-state index in [9.17, 15) is 34.8 Å². The van der Waals surface area contributed by atoms with E-state index in [2.05, 4.69) is 15.1 Å². The van der Waals surface area contributed by atoms with Gasteiger partial charge >= 0.3 is 12.4 Å². The minimum Gasteiger partial charge on any atom is -0.251 e. The second-order valence-corrected chi connectivity index (χ2v) is 9.45. The van der Waals surface area contributed by atoms with E-state index in [0.717, 1.165) is 47.2 Å². The summed E-state index contributed by atoms with van der Waals surface area (Å²) in [5.74, 6) is -0.610. The molecule has 0 spiro atoms. The van der Waals surface area contributed by atoms with Crippen molar-refractivity contribution in [3.8, 4) is 22.6 Å². The Balaban J connectivity index is 1.88. The number of benzene rings is 1. The lowest BCUT2D eigenvalue weighted by atomic mass is 10.0. The minimum absolute atomic E-state index is 0.0826. The summed E-state index contributed by atoms with van der Waals surface area (Å²) in [5, 5.41) is 4.03. The second kappa shape index (κ2) is 8.08. The first-order valence-electron chi connectivity index (χ1n) is 9.64. The van der Waals surface area contributed by atoms with E-state index in [0.29, 0.717) is 0 Å². The van der Waals surface area contributed by atoms with Crippen LogP contribution in [-0.2, 0) is 22.2 Å². The smallest absolute Gasteiger partial charge is 0.251 e. The van der Waals surface area contributed by atoms with Crippen LogP contribution >= 0.6 is 0 Å². The van der Waals surface area contributed by atoms with E-state index in [1.807, 2.05) is 0 Å². The van der Waals surface area contributed by atoms with Crippen molar-refractivity contribution in [3.63, 3.8) is 0 Å². The molecule has 0 bridgehead atoms. The van der Waals surface area contributed by atoms with Crippen LogP contribution in [0.25, 0.3) is 28.3 Å². The number of aromatic nitrogens is 4. The second-order valence-electron chi connectivity index (χ2n) is 7.20. The Morgan fingerprint density at radius 2 is 1.59 bits per heavy atom. The molecule has 4 rings (SSSR count). The molecule has 34 heavy (non-hydrogen) atoms. The molecule has 0 atom stereocenters. The van der Waals surface area contributed by atoms with Crippen LogP contribution < -0.4 is 0 Å². The maximum atomic E-state index is 13.1. The number of pyridine rings is 2. The van der Waals surface area contributed by atoms with Crippen molar-refractivity contribution in [3.05, 3.63) is 66.0 Å². The van der Waals surface area contributed by atoms with Crippen LogP contribution in [0.15, 0.2) is 59.8 Å². The third-order valence-corrected chi connectivity index (χ3v) is 6.71. The van der Waals surface area contributed by atoms with E-state index >= 15 is 0 Å². The summed E-state index contributed by atoms with van der Waals surface area (Å²) in [7, 11) is -3.97. The van der Waals surface area contributed by atoms with Crippen molar-refractivity contribution in [2.75, 3.05) is 5.75 Å². The Hall–Kier alpha value is -3.48. The van der Waals surface area contributed by atoms with Gasteiger partial charge in [-0.25, -0.2) is 17.9 Å². The summed E-state index contributed by atoms with van der Waals surface area (Å²) in [6.07, 6.45) is -7.03. The summed E-state index contributed by atoms with van der Waals surface area (Å²) in [6, 6.07) is 6.99. The average Bonchev–Trinajstić information content (AvgIpc) is 3.21. The summed E-state index contributed by atoms with van der Waals surface area (Å²) in [4.78, 5) is 7.72. The Labute approximate surface area is 188 Å². The molecule has 0 radical (unpaired) electrons. The summed E-state index contributed by atoms with van der Waals surface area (Å²) >= 11 is 0. The maximum absolute atomic E-state index is 13.1. The molecule has 6 nitrogen and oxygen atoms in total. The first-order chi connectivity index (χ1) is 15.8. The molecule has 178 valence electrons. The molecular formula is C21H14F6N4O2S. The largest absolute Gasteiger partial charge is 0.416 e. The van der Waals surface area contributed by atoms with Gasteiger partial charge in [0.15, 0.2) is 15.5 Å². The highest BCUT2D eigenvalue weighted by Crippen LogP contribution is 2.34. The first-order valence-corrected chi connectivity index (χ1v) is 11.3. The van der Waals surface area contributed by atoms with Crippen molar-refractivity contribution in [2.24, 2.45) is 0 Å². The predicted molar refractivity (Wildman–Crippen MR) is 109 cm³/mol. The monoisotopic (exact) mass is 500 g/mol. The van der Waals surface area contributed by atoms with Crippen molar-refractivity contribution in [2.45, 2.75) is 24.2 Å². The summed E-state index contributed by atoms with van der Waals surface area (Å²) < 4.78 is 105. The Bertz CT molecular complexity index is 1490. The van der Waals surface area contributed by atoms with E-state index in [4.69, 9.17) is 0 Å². The van der Waals surface area contributed by atoms with Crippen LogP contribution in [0, 0.1) is 0 Å². The number of hydrogen-bond donors (Lipinski definition) is 0. The van der Waals surface area contributed by atoms with E-state index in [-0.39, 0.29) is 38.9 Å². The average molecular weight is 500 g/mol. The number of nitrogens with zero attached hydrogens (tertiary/aromatic N) is 4. The molecule has 0 fully saturated rings. The van der Waals surface area contributed by atoms with Crippen LogP contribution in [0.5, 0.6) is 0 Å². The highest BCUT2D eigenvalue weighted by molar-refractivity contribution is 7.91. The van der Waals surface area contributed by atoms with Gasteiger partial charge in [0.2, 0.25) is 5.82 Å². The van der Waals surface area contributed by atoms with E-state index < -0.39 is 33.3 Å². The number of hydrogen-bond acceptors (Lipinski definition) is 5. The molecule has 4 aromatic rings. The molecule has 0 saturated carbocycles. The number of fused-ring (bicyclic) bond motifs is 1. The maximum Gasteiger partial charge on any atom is 0.416 e. The number of sulfone groups is 1. The van der Waals surface area contributed by atoms with Gasteiger partial charge in [-0.1, -0.05) is 19.1 Å². The predicted octanol–water partition coefficient (Wildman–Crippen LogP) is 5.29. The highest BCUT2D eigenvalue weighted by atomic mass is 32.2. The lowest BCUT2D eigenvalue weighted by Crippen LogP contribution is -2.08. The number of halogens is 6. The van der Waals surface area contributed by atoms with Crippen LogP contribution in [-0.4, -0.2) is 33.8 Å². The quantitative estimate of drug-likeness (QED) is 0.356.